The number of nitrogens with zero attached hydrogens (tertiary/aromatic N) is 2. The lowest BCUT2D eigenvalue weighted by molar-refractivity contribution is -0.131. The topological polar surface area (TPSA) is 57.7 Å². The molecule has 0 radical (unpaired) electrons. The molecule has 6 heteroatoms. The van der Waals surface area contributed by atoms with Crippen LogP contribution in [0.2, 0.25) is 0 Å². The van der Waals surface area contributed by atoms with Crippen molar-refractivity contribution in [2.45, 2.75) is 12.5 Å². The lowest BCUT2D eigenvalue weighted by Gasteiger charge is -2.38. The van der Waals surface area contributed by atoms with Gasteiger partial charge in [0.05, 0.1) is 23.7 Å². The summed E-state index contributed by atoms with van der Waals surface area (Å²) >= 11 is 5.79. The molecule has 2 aromatic rings. The summed E-state index contributed by atoms with van der Waals surface area (Å²) in [6.07, 6.45) is 0.734. The third-order valence-electron chi connectivity index (χ3n) is 5.08. The van der Waals surface area contributed by atoms with Gasteiger partial charge in [-0.05, 0) is 29.7 Å². The molecule has 2 aliphatic rings. The zero-order valence-corrected chi connectivity index (χ0v) is 14.8. The molecule has 132 valence electrons. The quantitative estimate of drug-likeness (QED) is 0.618. The largest absolute Gasteiger partial charge is 0.332 e. The average molecular weight is 369 g/mol. The van der Waals surface area contributed by atoms with Gasteiger partial charge in [-0.1, -0.05) is 36.4 Å². The second-order valence-corrected chi connectivity index (χ2v) is 6.72. The number of hydrogen-bond acceptors (Lipinski definition) is 3. The summed E-state index contributed by atoms with van der Waals surface area (Å²) in [5.74, 6) is -0.942. The molecule has 3 amide bonds. The van der Waals surface area contributed by atoms with Crippen molar-refractivity contribution < 1.29 is 14.4 Å². The zero-order chi connectivity index (χ0) is 18.3. The maximum atomic E-state index is 12.7. The van der Waals surface area contributed by atoms with Gasteiger partial charge >= 0.3 is 0 Å². The summed E-state index contributed by atoms with van der Waals surface area (Å²) in [6.45, 7) is 0.655. The van der Waals surface area contributed by atoms with Crippen LogP contribution in [0.3, 0.4) is 0 Å². The number of imide groups is 1. The van der Waals surface area contributed by atoms with E-state index in [1.54, 1.807) is 29.2 Å². The van der Waals surface area contributed by atoms with Gasteiger partial charge in [0.15, 0.2) is 0 Å². The maximum absolute atomic E-state index is 12.7. The Morgan fingerprint density at radius 3 is 2.27 bits per heavy atom. The van der Waals surface area contributed by atoms with Gasteiger partial charge in [0, 0.05) is 6.54 Å². The molecule has 0 saturated heterocycles. The molecule has 2 aliphatic heterocycles. The predicted molar refractivity (Wildman–Crippen MR) is 97.1 cm³/mol. The van der Waals surface area contributed by atoms with Gasteiger partial charge in [-0.3, -0.25) is 19.3 Å². The first-order valence-electron chi connectivity index (χ1n) is 8.50. The van der Waals surface area contributed by atoms with Crippen molar-refractivity contribution in [3.05, 3.63) is 70.8 Å². The van der Waals surface area contributed by atoms with E-state index in [9.17, 15) is 14.4 Å². The first-order valence-corrected chi connectivity index (χ1v) is 9.03. The number of alkyl halides is 1. The first-order chi connectivity index (χ1) is 12.6. The second kappa shape index (κ2) is 6.57. The van der Waals surface area contributed by atoms with Gasteiger partial charge in [0.25, 0.3) is 11.8 Å². The minimum atomic E-state index is -0.381. The Kier molecular flexibility index (Phi) is 4.24. The minimum absolute atomic E-state index is 0.124. The van der Waals surface area contributed by atoms with Crippen LogP contribution < -0.4 is 0 Å². The van der Waals surface area contributed by atoms with Gasteiger partial charge in [0.1, 0.15) is 5.88 Å². The van der Waals surface area contributed by atoms with Crippen molar-refractivity contribution in [1.82, 2.24) is 9.80 Å². The van der Waals surface area contributed by atoms with Crippen molar-refractivity contribution in [1.29, 1.82) is 0 Å². The van der Waals surface area contributed by atoms with Crippen LogP contribution in [0.15, 0.2) is 48.5 Å². The normalized spacial score (nSPS) is 18.7. The Balaban J connectivity index is 1.70. The van der Waals surface area contributed by atoms with Crippen molar-refractivity contribution in [2.24, 2.45) is 0 Å². The Morgan fingerprint density at radius 1 is 1.00 bits per heavy atom. The molecule has 0 fully saturated rings. The van der Waals surface area contributed by atoms with E-state index in [0.717, 1.165) is 17.5 Å². The van der Waals surface area contributed by atoms with E-state index in [2.05, 4.69) is 0 Å². The highest BCUT2D eigenvalue weighted by Crippen LogP contribution is 2.33. The molecule has 1 atom stereocenters. The summed E-state index contributed by atoms with van der Waals surface area (Å²) in [6, 6.07) is 14.3. The highest BCUT2D eigenvalue weighted by atomic mass is 35.5. The SMILES string of the molecule is O=C1c2ccccc2C(=O)N1CC1c2ccccc2CCN1C(=O)CCl. The van der Waals surface area contributed by atoms with Crippen LogP contribution in [0.5, 0.6) is 0 Å². The third kappa shape index (κ3) is 2.59. The van der Waals surface area contributed by atoms with Crippen molar-refractivity contribution in [3.8, 4) is 0 Å². The Labute approximate surface area is 156 Å². The Hall–Kier alpha value is -2.66. The standard InChI is InChI=1S/C20H17ClN2O3/c21-11-18(24)22-10-9-13-5-1-2-6-14(13)17(22)12-23-19(25)15-7-3-4-8-16(15)20(23)26/h1-8,17H,9-12H2. The van der Waals surface area contributed by atoms with Crippen molar-refractivity contribution >= 4 is 29.3 Å². The van der Waals surface area contributed by atoms with Crippen LogP contribution in [0.25, 0.3) is 0 Å². The molecule has 4 rings (SSSR count). The average Bonchev–Trinajstić information content (AvgIpc) is 2.93. The molecule has 0 aromatic heterocycles. The highest BCUT2D eigenvalue weighted by Gasteiger charge is 2.40. The molecule has 2 aromatic carbocycles. The van der Waals surface area contributed by atoms with Crippen LogP contribution in [-0.2, 0) is 11.2 Å². The molecule has 0 saturated carbocycles. The third-order valence-corrected chi connectivity index (χ3v) is 5.31. The van der Waals surface area contributed by atoms with E-state index >= 15 is 0 Å². The van der Waals surface area contributed by atoms with Gasteiger partial charge < -0.3 is 4.90 Å². The number of amides is 3. The molecule has 0 bridgehead atoms. The van der Waals surface area contributed by atoms with E-state index in [0.29, 0.717) is 17.7 Å². The summed E-state index contributed by atoms with van der Waals surface area (Å²) in [5.41, 5.74) is 2.93. The van der Waals surface area contributed by atoms with Crippen LogP contribution in [-0.4, -0.2) is 46.5 Å². The number of fused-ring (bicyclic) bond motifs is 2. The number of carbonyl (C=O) groups is 3. The van der Waals surface area contributed by atoms with Crippen molar-refractivity contribution in [3.63, 3.8) is 0 Å². The number of rotatable bonds is 3. The highest BCUT2D eigenvalue weighted by molar-refractivity contribution is 6.27. The van der Waals surface area contributed by atoms with Crippen molar-refractivity contribution in [2.75, 3.05) is 19.0 Å². The second-order valence-electron chi connectivity index (χ2n) is 6.45. The maximum Gasteiger partial charge on any atom is 0.261 e. The lowest BCUT2D eigenvalue weighted by atomic mass is 9.92. The van der Waals surface area contributed by atoms with E-state index in [4.69, 9.17) is 11.6 Å². The van der Waals surface area contributed by atoms with Crippen LogP contribution >= 0.6 is 11.6 Å². The first kappa shape index (κ1) is 16.8. The van der Waals surface area contributed by atoms with Crippen LogP contribution in [0.1, 0.15) is 37.9 Å². The van der Waals surface area contributed by atoms with E-state index in [1.807, 2.05) is 24.3 Å². The minimum Gasteiger partial charge on any atom is -0.332 e. The van der Waals surface area contributed by atoms with Gasteiger partial charge in [-0.25, -0.2) is 0 Å². The fourth-order valence-corrected chi connectivity index (χ4v) is 3.96. The lowest BCUT2D eigenvalue weighted by Crippen LogP contribution is -2.47. The smallest absolute Gasteiger partial charge is 0.261 e. The predicted octanol–water partition coefficient (Wildman–Crippen LogP) is 2.65. The number of hydrogen-bond donors (Lipinski definition) is 0. The monoisotopic (exact) mass is 368 g/mol. The van der Waals surface area contributed by atoms with Gasteiger partial charge in [-0.15, -0.1) is 11.6 Å². The number of carbonyl (C=O) groups excluding carboxylic acids is 3. The van der Waals surface area contributed by atoms with Crippen LogP contribution in [0.4, 0.5) is 0 Å². The summed E-state index contributed by atoms with van der Waals surface area (Å²) < 4.78 is 0. The fourth-order valence-electron chi connectivity index (χ4n) is 3.80. The van der Waals surface area contributed by atoms with E-state index < -0.39 is 0 Å². The Morgan fingerprint density at radius 2 is 1.62 bits per heavy atom. The number of benzene rings is 2. The van der Waals surface area contributed by atoms with E-state index in [1.165, 1.54) is 4.90 Å². The molecule has 0 spiro atoms. The molecular weight excluding hydrogens is 352 g/mol. The number of halogens is 1. The van der Waals surface area contributed by atoms with Gasteiger partial charge in [0.2, 0.25) is 5.91 Å². The summed E-state index contributed by atoms with van der Waals surface area (Å²) in [4.78, 5) is 40.7. The molecule has 5 nitrogen and oxygen atoms in total. The molecule has 0 N–H and O–H groups in total. The molecule has 2 heterocycles. The molecular formula is C20H17ClN2O3. The Bertz CT molecular complexity index is 876. The van der Waals surface area contributed by atoms with Crippen LogP contribution in [0, 0.1) is 0 Å². The molecule has 1 unspecified atom stereocenters. The summed E-state index contributed by atoms with van der Waals surface area (Å²) in [7, 11) is 0. The van der Waals surface area contributed by atoms with Gasteiger partial charge in [-0.2, -0.15) is 0 Å². The molecule has 26 heavy (non-hydrogen) atoms. The molecule has 0 aliphatic carbocycles. The zero-order valence-electron chi connectivity index (χ0n) is 14.0. The summed E-state index contributed by atoms with van der Waals surface area (Å²) in [5, 5.41) is 0. The van der Waals surface area contributed by atoms with E-state index in [-0.39, 0.29) is 36.2 Å². The fraction of sp³-hybridized carbons (Fsp3) is 0.250.